The van der Waals surface area contributed by atoms with Crippen molar-refractivity contribution >= 4 is 6.08 Å². The molecule has 0 bridgehead atoms. The third-order valence-corrected chi connectivity index (χ3v) is 4.18. The Morgan fingerprint density at radius 3 is 1.30 bits per heavy atom. The molecular weight excluding hydrogens is 282 g/mol. The SMILES string of the molecule is O=C=NCC(c1ccccc1)(c1ccccc1)c1ccccc1. The van der Waals surface area contributed by atoms with Crippen molar-refractivity contribution in [2.45, 2.75) is 5.41 Å². The predicted octanol–water partition coefficient (Wildman–Crippen LogP) is 4.36. The fraction of sp³-hybridized carbons (Fsp3) is 0.0952. The number of benzene rings is 3. The van der Waals surface area contributed by atoms with Crippen LogP contribution in [-0.4, -0.2) is 12.6 Å². The molecule has 0 N–H and O–H groups in total. The summed E-state index contributed by atoms with van der Waals surface area (Å²) < 4.78 is 0. The number of hydrogen-bond acceptors (Lipinski definition) is 2. The van der Waals surface area contributed by atoms with Crippen molar-refractivity contribution in [1.29, 1.82) is 0 Å². The second-order valence-electron chi connectivity index (χ2n) is 5.41. The van der Waals surface area contributed by atoms with Crippen LogP contribution in [0.3, 0.4) is 0 Å². The van der Waals surface area contributed by atoms with Gasteiger partial charge in [0.1, 0.15) is 0 Å². The molecule has 3 aromatic rings. The van der Waals surface area contributed by atoms with Gasteiger partial charge in [0.25, 0.3) is 0 Å². The Labute approximate surface area is 136 Å². The van der Waals surface area contributed by atoms with Crippen LogP contribution in [0.15, 0.2) is 96.0 Å². The first-order chi connectivity index (χ1) is 11.4. The van der Waals surface area contributed by atoms with Crippen molar-refractivity contribution in [3.05, 3.63) is 108 Å². The molecule has 0 aliphatic heterocycles. The lowest BCUT2D eigenvalue weighted by Crippen LogP contribution is -2.32. The van der Waals surface area contributed by atoms with E-state index in [1.54, 1.807) is 6.08 Å². The Bertz CT molecular complexity index is 694. The van der Waals surface area contributed by atoms with Crippen molar-refractivity contribution in [1.82, 2.24) is 0 Å². The molecule has 0 aliphatic rings. The van der Waals surface area contributed by atoms with Crippen LogP contribution in [0.5, 0.6) is 0 Å². The zero-order valence-electron chi connectivity index (χ0n) is 12.7. The number of carbonyl (C=O) groups excluding carboxylic acids is 1. The highest BCUT2D eigenvalue weighted by atomic mass is 16.1. The molecule has 0 saturated carbocycles. The van der Waals surface area contributed by atoms with Crippen molar-refractivity contribution in [3.8, 4) is 0 Å². The minimum absolute atomic E-state index is 0.328. The second kappa shape index (κ2) is 6.87. The van der Waals surface area contributed by atoms with Crippen molar-refractivity contribution in [2.24, 2.45) is 4.99 Å². The second-order valence-corrected chi connectivity index (χ2v) is 5.41. The van der Waals surface area contributed by atoms with Gasteiger partial charge >= 0.3 is 0 Å². The van der Waals surface area contributed by atoms with Gasteiger partial charge in [-0.3, -0.25) is 0 Å². The maximum atomic E-state index is 10.9. The van der Waals surface area contributed by atoms with Crippen LogP contribution in [0.1, 0.15) is 16.7 Å². The van der Waals surface area contributed by atoms with Gasteiger partial charge in [0.2, 0.25) is 6.08 Å². The Kier molecular flexibility index (Phi) is 4.46. The lowest BCUT2D eigenvalue weighted by molar-refractivity contribution is 0.556. The number of hydrogen-bond donors (Lipinski definition) is 0. The van der Waals surface area contributed by atoms with Crippen LogP contribution >= 0.6 is 0 Å². The van der Waals surface area contributed by atoms with Crippen LogP contribution in [-0.2, 0) is 10.2 Å². The summed E-state index contributed by atoms with van der Waals surface area (Å²) in [5, 5.41) is 0. The molecule has 0 unspecified atom stereocenters. The average Bonchev–Trinajstić information content (AvgIpc) is 2.65. The van der Waals surface area contributed by atoms with Crippen molar-refractivity contribution in [2.75, 3.05) is 6.54 Å². The zero-order valence-corrected chi connectivity index (χ0v) is 12.7. The Hall–Kier alpha value is -2.96. The number of nitrogens with zero attached hydrogens (tertiary/aromatic N) is 1. The molecule has 23 heavy (non-hydrogen) atoms. The number of rotatable bonds is 5. The predicted molar refractivity (Wildman–Crippen MR) is 92.2 cm³/mol. The van der Waals surface area contributed by atoms with E-state index in [9.17, 15) is 4.79 Å². The van der Waals surface area contributed by atoms with E-state index in [2.05, 4.69) is 41.4 Å². The summed E-state index contributed by atoms with van der Waals surface area (Å²) in [6.45, 7) is 0.328. The average molecular weight is 299 g/mol. The van der Waals surface area contributed by atoms with Crippen molar-refractivity contribution in [3.63, 3.8) is 0 Å². The molecule has 2 nitrogen and oxygen atoms in total. The summed E-state index contributed by atoms with van der Waals surface area (Å²) in [5.74, 6) is 0. The minimum atomic E-state index is -0.499. The highest BCUT2D eigenvalue weighted by Crippen LogP contribution is 2.39. The van der Waals surface area contributed by atoms with E-state index in [1.807, 2.05) is 54.6 Å². The largest absolute Gasteiger partial charge is 0.234 e. The van der Waals surface area contributed by atoms with E-state index in [1.165, 1.54) is 0 Å². The molecule has 3 aromatic carbocycles. The summed E-state index contributed by atoms with van der Waals surface area (Å²) in [6, 6.07) is 30.6. The molecule has 112 valence electrons. The van der Waals surface area contributed by atoms with Gasteiger partial charge in [-0.2, -0.15) is 0 Å². The smallest absolute Gasteiger partial charge is 0.211 e. The molecule has 0 saturated heterocycles. The van der Waals surface area contributed by atoms with Gasteiger partial charge in [-0.25, -0.2) is 9.79 Å². The molecule has 0 radical (unpaired) electrons. The molecule has 0 heterocycles. The zero-order chi connectivity index (χ0) is 16.0. The Morgan fingerprint density at radius 2 is 1.00 bits per heavy atom. The molecule has 0 aromatic heterocycles. The van der Waals surface area contributed by atoms with E-state index in [0.29, 0.717) is 6.54 Å². The molecule has 0 atom stereocenters. The third-order valence-electron chi connectivity index (χ3n) is 4.18. The third kappa shape index (κ3) is 2.85. The fourth-order valence-electron chi connectivity index (χ4n) is 3.09. The van der Waals surface area contributed by atoms with Gasteiger partial charge in [-0.15, -0.1) is 0 Å². The van der Waals surface area contributed by atoms with Crippen LogP contribution in [0.25, 0.3) is 0 Å². The topological polar surface area (TPSA) is 29.4 Å². The monoisotopic (exact) mass is 299 g/mol. The number of isocyanates is 1. The summed E-state index contributed by atoms with van der Waals surface area (Å²) in [5.41, 5.74) is 2.82. The maximum Gasteiger partial charge on any atom is 0.234 e. The lowest BCUT2D eigenvalue weighted by atomic mass is 9.69. The normalized spacial score (nSPS) is 10.8. The fourth-order valence-corrected chi connectivity index (χ4v) is 3.09. The minimum Gasteiger partial charge on any atom is -0.211 e. The summed E-state index contributed by atoms with van der Waals surface area (Å²) in [6.07, 6.45) is 1.71. The summed E-state index contributed by atoms with van der Waals surface area (Å²) >= 11 is 0. The van der Waals surface area contributed by atoms with E-state index in [4.69, 9.17) is 0 Å². The standard InChI is InChI=1S/C21H17NO/c23-17-22-16-21(18-10-4-1-5-11-18,19-12-6-2-7-13-19)20-14-8-3-9-15-20/h1-15H,16H2. The lowest BCUT2D eigenvalue weighted by Gasteiger charge is -2.34. The van der Waals surface area contributed by atoms with Crippen LogP contribution in [0, 0.1) is 0 Å². The van der Waals surface area contributed by atoms with Gasteiger partial charge < -0.3 is 0 Å². The molecule has 0 amide bonds. The molecule has 0 spiro atoms. The van der Waals surface area contributed by atoms with Gasteiger partial charge in [0.05, 0.1) is 12.0 Å². The van der Waals surface area contributed by atoms with E-state index >= 15 is 0 Å². The highest BCUT2D eigenvalue weighted by Gasteiger charge is 2.36. The highest BCUT2D eigenvalue weighted by molar-refractivity contribution is 5.51. The van der Waals surface area contributed by atoms with Gasteiger partial charge in [-0.05, 0) is 16.7 Å². The Balaban J connectivity index is 2.32. The molecule has 2 heteroatoms. The van der Waals surface area contributed by atoms with Crippen LogP contribution in [0.2, 0.25) is 0 Å². The molecule has 0 fully saturated rings. The number of aliphatic imine (C=N–C) groups is 1. The summed E-state index contributed by atoms with van der Waals surface area (Å²) in [7, 11) is 0. The Morgan fingerprint density at radius 1 is 0.652 bits per heavy atom. The van der Waals surface area contributed by atoms with Gasteiger partial charge in [0.15, 0.2) is 0 Å². The van der Waals surface area contributed by atoms with E-state index < -0.39 is 5.41 Å². The van der Waals surface area contributed by atoms with Crippen LogP contribution in [0.4, 0.5) is 0 Å². The molecular formula is C21H17NO. The van der Waals surface area contributed by atoms with E-state index in [-0.39, 0.29) is 0 Å². The first kappa shape index (κ1) is 15.0. The van der Waals surface area contributed by atoms with Gasteiger partial charge in [0, 0.05) is 0 Å². The van der Waals surface area contributed by atoms with Crippen molar-refractivity contribution < 1.29 is 4.79 Å². The summed E-state index contributed by atoms with van der Waals surface area (Å²) in [4.78, 5) is 14.8. The van der Waals surface area contributed by atoms with Gasteiger partial charge in [-0.1, -0.05) is 91.0 Å². The maximum absolute atomic E-state index is 10.9. The quantitative estimate of drug-likeness (QED) is 0.391. The molecule has 0 aliphatic carbocycles. The van der Waals surface area contributed by atoms with Crippen LogP contribution < -0.4 is 0 Å². The first-order valence-corrected chi connectivity index (χ1v) is 7.58. The molecule has 3 rings (SSSR count). The van der Waals surface area contributed by atoms with E-state index in [0.717, 1.165) is 16.7 Å². The first-order valence-electron chi connectivity index (χ1n) is 7.58.